The van der Waals surface area contributed by atoms with Crippen LogP contribution in [0.25, 0.3) is 174 Å². The van der Waals surface area contributed by atoms with Gasteiger partial charge in [-0.05, 0) is 374 Å². The Balaban J connectivity index is 1.23. The first kappa shape index (κ1) is 46.0. The maximum Gasteiger partial charge on any atom is 0.179 e. The maximum atomic E-state index is 15.0. The number of benzene rings is 17. The number of hydrogen-bond donors (Lipinski definition) is 0. The third-order valence-corrected chi connectivity index (χ3v) is 19.4. The summed E-state index contributed by atoms with van der Waals surface area (Å²) in [6.45, 7) is 26.7. The molecule has 0 aliphatic carbocycles. The van der Waals surface area contributed by atoms with Crippen molar-refractivity contribution in [2.75, 3.05) is 0 Å². The summed E-state index contributed by atoms with van der Waals surface area (Å²) in [5, 5.41) is 27.7. The molecule has 0 heterocycles. The van der Waals surface area contributed by atoms with E-state index in [9.17, 15) is 0 Å². The van der Waals surface area contributed by atoms with Gasteiger partial charge in [0.2, 0.25) is 0 Å². The van der Waals surface area contributed by atoms with Gasteiger partial charge < -0.3 is 0 Å². The Bertz CT molecular complexity index is 5020. The van der Waals surface area contributed by atoms with Gasteiger partial charge in [-0.15, -0.1) is 0 Å². The van der Waals surface area contributed by atoms with E-state index in [1.807, 2.05) is 24.3 Å². The van der Waals surface area contributed by atoms with Crippen LogP contribution in [0.2, 0.25) is 0 Å². The lowest BCUT2D eigenvalue weighted by atomic mass is 9.72. The quantitative estimate of drug-likeness (QED) is 0.130. The Morgan fingerprint density at radius 3 is 0.463 bits per heavy atom. The van der Waals surface area contributed by atoms with Crippen molar-refractivity contribution in [1.29, 1.82) is 0 Å². The topological polar surface area (TPSA) is 34.1 Å². The van der Waals surface area contributed by atoms with E-state index < -0.39 is 0 Å². The van der Waals surface area contributed by atoms with E-state index in [0.29, 0.717) is 0 Å². The van der Waals surface area contributed by atoms with Crippen LogP contribution in [-0.4, -0.2) is 0 Å². The molecule has 17 aromatic rings. The van der Waals surface area contributed by atoms with Crippen molar-refractivity contribution < 1.29 is 0 Å². The van der Waals surface area contributed by atoms with Crippen molar-refractivity contribution in [3.05, 3.63) is 209 Å². The van der Waals surface area contributed by atoms with Gasteiger partial charge in [-0.2, -0.15) is 0 Å². The summed E-state index contributed by atoms with van der Waals surface area (Å²) < 4.78 is 0. The molecule has 0 aromatic heterocycles. The van der Waals surface area contributed by atoms with Crippen LogP contribution in [0.1, 0.15) is 66.8 Å². The smallest absolute Gasteiger partial charge is 0.179 e. The van der Waals surface area contributed by atoms with Crippen LogP contribution < -0.4 is 10.9 Å². The monoisotopic (exact) mass is 1020 g/mol. The first-order chi connectivity index (χ1) is 38.4. The van der Waals surface area contributed by atoms with Crippen molar-refractivity contribution >= 4 is 129 Å². The van der Waals surface area contributed by atoms with E-state index >= 15 is 9.59 Å². The molecule has 17 aromatic carbocycles. The second kappa shape index (κ2) is 15.0. The highest BCUT2D eigenvalue weighted by Crippen LogP contribution is 2.61. The van der Waals surface area contributed by atoms with E-state index in [1.165, 1.54) is 164 Å². The molecule has 17 rings (SSSR count). The van der Waals surface area contributed by atoms with Crippen LogP contribution in [0, 0.1) is 83.1 Å². The van der Waals surface area contributed by atoms with Gasteiger partial charge in [0, 0.05) is 0 Å². The van der Waals surface area contributed by atoms with Crippen LogP contribution in [0.4, 0.5) is 0 Å². The highest BCUT2D eigenvalue weighted by molar-refractivity contribution is 6.61. The third-order valence-electron chi connectivity index (χ3n) is 19.4. The van der Waals surface area contributed by atoms with E-state index in [-0.39, 0.29) is 10.9 Å². The molecule has 0 aliphatic heterocycles. The molecule has 0 amide bonds. The van der Waals surface area contributed by atoms with Gasteiger partial charge >= 0.3 is 0 Å². The van der Waals surface area contributed by atoms with E-state index in [1.54, 1.807) is 0 Å². The maximum absolute atomic E-state index is 15.0. The second-order valence-electron chi connectivity index (χ2n) is 24.9. The highest BCUT2D eigenvalue weighted by Gasteiger charge is 2.34. The predicted molar refractivity (Wildman–Crippen MR) is 346 cm³/mol. The lowest BCUT2D eigenvalue weighted by Crippen LogP contribution is -2.05. The standard InChI is InChI=1S/C78H56O2/c1-33-13-37(5)63(38(6)14-33)45-21-51-52-22-46(64-39(7)15-34(2)16-40(64)8)26-56-61-31-50(80)32-62-58-28-48(66-43(11)19-36(4)20-44(66)12)24-54-53-23-47(65-41(9)17-35(3)18-42(65)10)27-57-60-30-49(79)29-59-55(25-45)67(51)73-74(68(52)56)78(72(61)62)76(70(54)58)75(69(53)57)77(73)71(59)60/h13-32H,1-12H3. The van der Waals surface area contributed by atoms with Gasteiger partial charge in [-0.25, -0.2) is 0 Å². The lowest BCUT2D eigenvalue weighted by molar-refractivity contribution is 1.32. The Hall–Kier alpha value is -8.98. The zero-order valence-electron chi connectivity index (χ0n) is 47.4. The van der Waals surface area contributed by atoms with Crippen LogP contribution in [0.3, 0.4) is 0 Å². The Labute approximate surface area is 462 Å². The van der Waals surface area contributed by atoms with Crippen molar-refractivity contribution in [3.8, 4) is 44.5 Å². The van der Waals surface area contributed by atoms with Crippen molar-refractivity contribution in [2.45, 2.75) is 83.1 Å². The first-order valence-electron chi connectivity index (χ1n) is 28.5. The molecular formula is C78H56O2. The highest BCUT2D eigenvalue weighted by atomic mass is 16.1. The summed E-state index contributed by atoms with van der Waals surface area (Å²) in [6.07, 6.45) is 0. The van der Waals surface area contributed by atoms with E-state index in [4.69, 9.17) is 0 Å². The second-order valence-corrected chi connectivity index (χ2v) is 24.9. The summed E-state index contributed by atoms with van der Waals surface area (Å²) in [5.74, 6) is 0. The molecule has 2 nitrogen and oxygen atoms in total. The molecule has 2 heteroatoms. The molecule has 80 heavy (non-hydrogen) atoms. The third kappa shape index (κ3) is 5.59. The Morgan fingerprint density at radius 1 is 0.175 bits per heavy atom. The summed E-state index contributed by atoms with van der Waals surface area (Å²) in [6, 6.07) is 45.9. The summed E-state index contributed by atoms with van der Waals surface area (Å²) in [5.41, 5.74) is 24.3. The minimum atomic E-state index is 0.0119. The predicted octanol–water partition coefficient (Wildman–Crippen LogP) is 20.7. The number of rotatable bonds is 4. The first-order valence-corrected chi connectivity index (χ1v) is 28.5. The molecule has 0 N–H and O–H groups in total. The minimum absolute atomic E-state index is 0.0119. The molecule has 0 spiro atoms. The number of fused-ring (bicyclic) bond motifs is 6. The van der Waals surface area contributed by atoms with Crippen LogP contribution in [0.15, 0.2) is 131 Å². The molecule has 0 radical (unpaired) electrons. The summed E-state index contributed by atoms with van der Waals surface area (Å²) in [7, 11) is 0. The van der Waals surface area contributed by atoms with Crippen LogP contribution >= 0.6 is 0 Å². The SMILES string of the molecule is Cc1cc(C)c(-c2cc3c4cc(-c5c(C)cc(C)cc5C)cc5c6cc(=O)cc7c8cc(-c9c(C)cc(C)cc9C)cc9c%10cc(-c%11c(C)cc(C)cc%11C)cc%11c%12cc(=O)cc%13c(c2)c3c2c(c45)c(c67)c(c98)c(c%10%11)c2c%13%12)c(C)c1. The van der Waals surface area contributed by atoms with Gasteiger partial charge in [0.15, 0.2) is 10.9 Å². The van der Waals surface area contributed by atoms with Gasteiger partial charge in [-0.3, -0.25) is 9.59 Å². The number of aryl methyl sites for hydroxylation is 12. The Morgan fingerprint density at radius 2 is 0.312 bits per heavy atom. The molecule has 0 fully saturated rings. The van der Waals surface area contributed by atoms with Crippen molar-refractivity contribution in [1.82, 2.24) is 0 Å². The zero-order valence-corrected chi connectivity index (χ0v) is 47.4. The van der Waals surface area contributed by atoms with Gasteiger partial charge in [0.05, 0.1) is 0 Å². The fraction of sp³-hybridized carbons (Fsp3) is 0.154. The van der Waals surface area contributed by atoms with Gasteiger partial charge in [0.25, 0.3) is 0 Å². The Kier molecular flexibility index (Phi) is 8.63. The fourth-order valence-corrected chi connectivity index (χ4v) is 17.3. The molecule has 0 atom stereocenters. The van der Waals surface area contributed by atoms with Crippen molar-refractivity contribution in [2.24, 2.45) is 0 Å². The van der Waals surface area contributed by atoms with Gasteiger partial charge in [-0.1, -0.05) is 70.8 Å². The minimum Gasteiger partial charge on any atom is -0.290 e. The molecule has 0 bridgehead atoms. The van der Waals surface area contributed by atoms with E-state index in [2.05, 4.69) is 180 Å². The van der Waals surface area contributed by atoms with E-state index in [0.717, 1.165) is 76.1 Å². The van der Waals surface area contributed by atoms with Gasteiger partial charge in [0.1, 0.15) is 0 Å². The van der Waals surface area contributed by atoms with Crippen molar-refractivity contribution in [3.63, 3.8) is 0 Å². The largest absolute Gasteiger partial charge is 0.290 e. The normalized spacial score (nSPS) is 12.8. The van der Waals surface area contributed by atoms with Crippen LogP contribution in [-0.2, 0) is 0 Å². The number of hydrogen-bond acceptors (Lipinski definition) is 2. The fourth-order valence-electron chi connectivity index (χ4n) is 17.3. The average Bonchev–Trinajstić information content (AvgIpc) is 0.877. The lowest BCUT2D eigenvalue weighted by Gasteiger charge is -2.30. The molecule has 380 valence electrons. The molecule has 0 unspecified atom stereocenters. The molecular weight excluding hydrogens is 969 g/mol. The molecule has 0 saturated carbocycles. The van der Waals surface area contributed by atoms with Crippen LogP contribution in [0.5, 0.6) is 0 Å². The summed E-state index contributed by atoms with van der Waals surface area (Å²) >= 11 is 0. The summed E-state index contributed by atoms with van der Waals surface area (Å²) in [4.78, 5) is 30.1. The average molecular weight is 1030 g/mol. The molecule has 0 aliphatic rings. The zero-order chi connectivity index (χ0) is 54.7. The molecule has 0 saturated heterocycles.